The second kappa shape index (κ2) is 5.58. The summed E-state index contributed by atoms with van der Waals surface area (Å²) in [5, 5.41) is 1.85. The summed E-state index contributed by atoms with van der Waals surface area (Å²) in [7, 11) is -3.62. The van der Waals surface area contributed by atoms with Gasteiger partial charge in [0.15, 0.2) is 15.8 Å². The second-order valence-electron chi connectivity index (χ2n) is 5.84. The molecule has 3 N–H and O–H groups in total. The molecule has 116 valence electrons. The summed E-state index contributed by atoms with van der Waals surface area (Å²) in [5.74, 6) is 1.24. The van der Waals surface area contributed by atoms with Crippen LogP contribution in [0.5, 0.6) is 0 Å². The van der Waals surface area contributed by atoms with E-state index in [2.05, 4.69) is 16.6 Å². The van der Waals surface area contributed by atoms with Crippen molar-refractivity contribution in [2.75, 3.05) is 12.3 Å². The molecule has 0 radical (unpaired) electrons. The summed E-state index contributed by atoms with van der Waals surface area (Å²) < 4.78 is 29.2. The second-order valence-corrected chi connectivity index (χ2v) is 8.39. The summed E-state index contributed by atoms with van der Waals surface area (Å²) in [5.41, 5.74) is 5.77. The predicted octanol–water partition coefficient (Wildman–Crippen LogP) is 2.08. The van der Waals surface area contributed by atoms with Crippen molar-refractivity contribution in [3.8, 4) is 0 Å². The molecule has 1 aliphatic rings. The van der Waals surface area contributed by atoms with Crippen LogP contribution in [0.3, 0.4) is 0 Å². The molecule has 8 heteroatoms. The van der Waals surface area contributed by atoms with Gasteiger partial charge in [0.1, 0.15) is 0 Å². The Labute approximate surface area is 128 Å². The molecule has 2 aromatic heterocycles. The molecule has 0 unspecified atom stereocenters. The van der Waals surface area contributed by atoms with Crippen molar-refractivity contribution in [3.05, 3.63) is 11.6 Å². The maximum absolute atomic E-state index is 12.5. The molecule has 0 atom stereocenters. The molecule has 1 fully saturated rings. The number of nitrogens with zero attached hydrogens (tertiary/aromatic N) is 2. The number of fused-ring (bicyclic) bond motifs is 1. The van der Waals surface area contributed by atoms with Gasteiger partial charge in [0.05, 0.1) is 0 Å². The maximum Gasteiger partial charge on any atom is 0.260 e. The third-order valence-corrected chi connectivity index (χ3v) is 6.41. The number of nitrogens with one attached hydrogen (secondary N) is 1. The lowest BCUT2D eigenvalue weighted by Crippen LogP contribution is -2.32. The summed E-state index contributed by atoms with van der Waals surface area (Å²) in [6.45, 7) is 2.73. The van der Waals surface area contributed by atoms with Crippen LogP contribution in [0.15, 0.2) is 16.6 Å². The molecule has 21 heavy (non-hydrogen) atoms. The van der Waals surface area contributed by atoms with Crippen LogP contribution < -0.4 is 10.5 Å². The van der Waals surface area contributed by atoms with Crippen molar-refractivity contribution >= 4 is 32.1 Å². The number of nitrogens with two attached hydrogens (primary N) is 1. The average molecular weight is 328 g/mol. The highest BCUT2D eigenvalue weighted by molar-refractivity contribution is 7.89. The fraction of sp³-hybridized carbons (Fsp3) is 0.615. The molecular weight excluding hydrogens is 308 g/mol. The molecule has 0 saturated heterocycles. The fourth-order valence-electron chi connectivity index (χ4n) is 2.88. The number of anilines is 1. The molecule has 0 amide bonds. The highest BCUT2D eigenvalue weighted by atomic mass is 32.2. The van der Waals surface area contributed by atoms with Gasteiger partial charge in [-0.3, -0.25) is 4.40 Å². The standard InChI is InChI=1S/C13H20N4O2S2/c1-9-2-4-10(5-3-9)8-15-21(18,19)12-11(14)16-13-17(12)6-7-20-13/h6-7,9-10,15H,2-5,8,14H2,1H3. The van der Waals surface area contributed by atoms with E-state index in [4.69, 9.17) is 5.73 Å². The van der Waals surface area contributed by atoms with E-state index in [0.717, 1.165) is 18.8 Å². The van der Waals surface area contributed by atoms with E-state index in [0.29, 0.717) is 17.4 Å². The molecular formula is C13H20N4O2S2. The minimum Gasteiger partial charge on any atom is -0.381 e. The van der Waals surface area contributed by atoms with E-state index in [1.54, 1.807) is 11.6 Å². The molecule has 0 aromatic carbocycles. The zero-order chi connectivity index (χ0) is 15.0. The van der Waals surface area contributed by atoms with E-state index in [9.17, 15) is 8.42 Å². The van der Waals surface area contributed by atoms with Crippen molar-refractivity contribution in [2.24, 2.45) is 11.8 Å². The van der Waals surface area contributed by atoms with E-state index >= 15 is 0 Å². The number of rotatable bonds is 4. The van der Waals surface area contributed by atoms with Gasteiger partial charge in [-0.1, -0.05) is 19.8 Å². The summed E-state index contributed by atoms with van der Waals surface area (Å²) in [6.07, 6.45) is 6.20. The van der Waals surface area contributed by atoms with Gasteiger partial charge >= 0.3 is 0 Å². The monoisotopic (exact) mass is 328 g/mol. The van der Waals surface area contributed by atoms with Crippen LogP contribution in [0, 0.1) is 11.8 Å². The van der Waals surface area contributed by atoms with E-state index < -0.39 is 10.0 Å². The first-order valence-corrected chi connectivity index (χ1v) is 9.54. The van der Waals surface area contributed by atoms with Crippen LogP contribution >= 0.6 is 11.3 Å². The first-order valence-electron chi connectivity index (χ1n) is 7.18. The largest absolute Gasteiger partial charge is 0.381 e. The molecule has 1 saturated carbocycles. The number of sulfonamides is 1. The average Bonchev–Trinajstić information content (AvgIpc) is 2.97. The molecule has 2 aromatic rings. The molecule has 0 spiro atoms. The minimum atomic E-state index is -3.62. The van der Waals surface area contributed by atoms with Gasteiger partial charge < -0.3 is 5.73 Å². The number of nitrogen functional groups attached to an aromatic ring is 1. The molecule has 2 heterocycles. The molecule has 3 rings (SSSR count). The highest BCUT2D eigenvalue weighted by Crippen LogP contribution is 2.28. The molecule has 1 aliphatic carbocycles. The zero-order valence-electron chi connectivity index (χ0n) is 11.9. The van der Waals surface area contributed by atoms with Crippen LogP contribution in [-0.2, 0) is 10.0 Å². The van der Waals surface area contributed by atoms with E-state index in [1.165, 1.54) is 28.6 Å². The van der Waals surface area contributed by atoms with Crippen LogP contribution in [0.4, 0.5) is 5.82 Å². The lowest BCUT2D eigenvalue weighted by atomic mass is 9.83. The molecule has 6 nitrogen and oxygen atoms in total. The lowest BCUT2D eigenvalue weighted by molar-refractivity contribution is 0.290. The van der Waals surface area contributed by atoms with E-state index in [-0.39, 0.29) is 10.8 Å². The lowest BCUT2D eigenvalue weighted by Gasteiger charge is -2.26. The Morgan fingerprint density at radius 3 is 2.86 bits per heavy atom. The van der Waals surface area contributed by atoms with Gasteiger partial charge in [-0.15, -0.1) is 11.3 Å². The predicted molar refractivity (Wildman–Crippen MR) is 83.8 cm³/mol. The molecule has 0 aliphatic heterocycles. The van der Waals surface area contributed by atoms with Crippen LogP contribution in [0.1, 0.15) is 32.6 Å². The SMILES string of the molecule is CC1CCC(CNS(=O)(=O)c2c(N)nc3sccn23)CC1. The Kier molecular flexibility index (Phi) is 3.94. The number of imidazole rings is 1. The summed E-state index contributed by atoms with van der Waals surface area (Å²) in [6, 6.07) is 0. The zero-order valence-corrected chi connectivity index (χ0v) is 13.6. The quantitative estimate of drug-likeness (QED) is 0.899. The number of hydrogen-bond donors (Lipinski definition) is 2. The Morgan fingerprint density at radius 1 is 1.43 bits per heavy atom. The van der Waals surface area contributed by atoms with Gasteiger partial charge in [-0.05, 0) is 24.7 Å². The number of hydrogen-bond acceptors (Lipinski definition) is 5. The van der Waals surface area contributed by atoms with Gasteiger partial charge in [0.2, 0.25) is 0 Å². The Morgan fingerprint density at radius 2 is 2.14 bits per heavy atom. The first-order chi connectivity index (χ1) is 9.97. The smallest absolute Gasteiger partial charge is 0.260 e. The number of aromatic nitrogens is 2. The Balaban J connectivity index is 1.75. The topological polar surface area (TPSA) is 89.5 Å². The van der Waals surface area contributed by atoms with Gasteiger partial charge in [0.25, 0.3) is 10.0 Å². The van der Waals surface area contributed by atoms with Crippen LogP contribution in [0.25, 0.3) is 4.96 Å². The maximum atomic E-state index is 12.5. The Hall–Kier alpha value is -1.12. The third-order valence-electron chi connectivity index (χ3n) is 4.20. The summed E-state index contributed by atoms with van der Waals surface area (Å²) >= 11 is 1.36. The van der Waals surface area contributed by atoms with Crippen molar-refractivity contribution in [2.45, 2.75) is 37.6 Å². The minimum absolute atomic E-state index is 0.0583. The molecule has 0 bridgehead atoms. The van der Waals surface area contributed by atoms with Crippen molar-refractivity contribution in [3.63, 3.8) is 0 Å². The van der Waals surface area contributed by atoms with Crippen molar-refractivity contribution in [1.29, 1.82) is 0 Å². The van der Waals surface area contributed by atoms with Gasteiger partial charge in [-0.2, -0.15) is 0 Å². The summed E-state index contributed by atoms with van der Waals surface area (Å²) in [4.78, 5) is 4.68. The van der Waals surface area contributed by atoms with Gasteiger partial charge in [-0.25, -0.2) is 18.1 Å². The number of thiazole rings is 1. The van der Waals surface area contributed by atoms with Gasteiger partial charge in [0, 0.05) is 18.1 Å². The van der Waals surface area contributed by atoms with Crippen LogP contribution in [-0.4, -0.2) is 24.3 Å². The van der Waals surface area contributed by atoms with Crippen molar-refractivity contribution < 1.29 is 8.42 Å². The van der Waals surface area contributed by atoms with E-state index in [1.807, 2.05) is 0 Å². The fourth-order valence-corrected chi connectivity index (χ4v) is 4.98. The first kappa shape index (κ1) is 14.8. The Bertz CT molecular complexity index is 727. The normalized spacial score (nSPS) is 23.7. The highest BCUT2D eigenvalue weighted by Gasteiger charge is 2.26. The third kappa shape index (κ3) is 2.93. The van der Waals surface area contributed by atoms with Crippen LogP contribution in [0.2, 0.25) is 0 Å². The van der Waals surface area contributed by atoms with Crippen molar-refractivity contribution in [1.82, 2.24) is 14.1 Å².